The first kappa shape index (κ1) is 16.2. The monoisotopic (exact) mass is 320 g/mol. The zero-order valence-corrected chi connectivity index (χ0v) is 13.7. The van der Waals surface area contributed by atoms with Crippen molar-refractivity contribution in [3.05, 3.63) is 42.6 Å². The van der Waals surface area contributed by atoms with E-state index in [1.807, 2.05) is 37.3 Å². The van der Waals surface area contributed by atoms with E-state index in [0.717, 1.165) is 5.69 Å². The zero-order valence-electron chi connectivity index (χ0n) is 12.9. The fourth-order valence-electron chi connectivity index (χ4n) is 1.96. The SMILES string of the molecule is C[C@H](C[S@@](C)=O)N(C)C(=O)Nc1ccn(-c2ccccc2)n1. The number of urea groups is 1. The first-order valence-corrected chi connectivity index (χ1v) is 8.65. The summed E-state index contributed by atoms with van der Waals surface area (Å²) < 4.78 is 12.9. The van der Waals surface area contributed by atoms with Crippen LogP contribution in [0.15, 0.2) is 42.6 Å². The van der Waals surface area contributed by atoms with E-state index in [9.17, 15) is 9.00 Å². The van der Waals surface area contributed by atoms with Gasteiger partial charge in [-0.05, 0) is 19.1 Å². The van der Waals surface area contributed by atoms with Crippen molar-refractivity contribution in [3.63, 3.8) is 0 Å². The summed E-state index contributed by atoms with van der Waals surface area (Å²) in [4.78, 5) is 13.7. The minimum absolute atomic E-state index is 0.109. The Morgan fingerprint density at radius 1 is 1.36 bits per heavy atom. The molecule has 1 heterocycles. The Morgan fingerprint density at radius 3 is 2.68 bits per heavy atom. The van der Waals surface area contributed by atoms with E-state index in [4.69, 9.17) is 0 Å². The van der Waals surface area contributed by atoms with Gasteiger partial charge < -0.3 is 4.90 Å². The lowest BCUT2D eigenvalue weighted by atomic mass is 10.3. The molecule has 1 N–H and O–H groups in total. The molecular weight excluding hydrogens is 300 g/mol. The summed E-state index contributed by atoms with van der Waals surface area (Å²) >= 11 is 0. The van der Waals surface area contributed by atoms with Crippen LogP contribution in [0.2, 0.25) is 0 Å². The summed E-state index contributed by atoms with van der Waals surface area (Å²) in [5, 5.41) is 7.06. The number of nitrogens with one attached hydrogen (secondary N) is 1. The summed E-state index contributed by atoms with van der Waals surface area (Å²) in [6, 6.07) is 11.0. The average Bonchev–Trinajstić information content (AvgIpc) is 2.95. The average molecular weight is 320 g/mol. The van der Waals surface area contributed by atoms with Crippen molar-refractivity contribution in [2.24, 2.45) is 0 Å². The van der Waals surface area contributed by atoms with E-state index in [1.165, 1.54) is 4.90 Å². The molecule has 0 aliphatic heterocycles. The molecule has 0 aliphatic carbocycles. The summed E-state index contributed by atoms with van der Waals surface area (Å²) in [6.45, 7) is 1.86. The molecule has 0 spiro atoms. The number of carbonyl (C=O) groups is 1. The van der Waals surface area contributed by atoms with E-state index < -0.39 is 10.8 Å². The fourth-order valence-corrected chi connectivity index (χ4v) is 2.87. The molecule has 0 saturated heterocycles. The fraction of sp³-hybridized carbons (Fsp3) is 0.333. The number of rotatable bonds is 5. The maximum atomic E-state index is 12.1. The summed E-state index contributed by atoms with van der Waals surface area (Å²) in [5.74, 6) is 0.924. The third-order valence-electron chi connectivity index (χ3n) is 3.30. The lowest BCUT2D eigenvalue weighted by Crippen LogP contribution is -2.41. The van der Waals surface area contributed by atoms with Gasteiger partial charge in [0.25, 0.3) is 0 Å². The highest BCUT2D eigenvalue weighted by Gasteiger charge is 2.17. The third-order valence-corrected chi connectivity index (χ3v) is 4.25. The zero-order chi connectivity index (χ0) is 16.1. The first-order valence-electron chi connectivity index (χ1n) is 6.92. The standard InChI is InChI=1S/C15H20N4O2S/c1-12(11-22(3)21)18(2)15(20)16-14-9-10-19(17-14)13-7-5-4-6-8-13/h4-10,12H,11H2,1-3H3,(H,16,17,20)/t12-,22-/m1/s1. The van der Waals surface area contributed by atoms with Crippen LogP contribution in [0.3, 0.4) is 0 Å². The van der Waals surface area contributed by atoms with Crippen LogP contribution in [0.25, 0.3) is 5.69 Å². The number of benzene rings is 1. The molecule has 2 aromatic rings. The van der Waals surface area contributed by atoms with Crippen molar-refractivity contribution in [1.29, 1.82) is 0 Å². The van der Waals surface area contributed by atoms with Crippen LogP contribution in [-0.2, 0) is 10.8 Å². The van der Waals surface area contributed by atoms with Crippen LogP contribution in [0.4, 0.5) is 10.6 Å². The molecule has 1 aromatic heterocycles. The van der Waals surface area contributed by atoms with E-state index in [0.29, 0.717) is 11.6 Å². The molecule has 0 saturated carbocycles. The smallest absolute Gasteiger partial charge is 0.323 e. The molecule has 0 aliphatic rings. The topological polar surface area (TPSA) is 67.2 Å². The molecule has 2 atom stereocenters. The van der Waals surface area contributed by atoms with Gasteiger partial charge in [0, 0.05) is 48.2 Å². The second-order valence-corrected chi connectivity index (χ2v) is 6.59. The van der Waals surface area contributed by atoms with Gasteiger partial charge in [0.05, 0.1) is 5.69 Å². The highest BCUT2D eigenvalue weighted by molar-refractivity contribution is 7.84. The van der Waals surface area contributed by atoms with Crippen molar-refractivity contribution in [3.8, 4) is 5.69 Å². The Bertz CT molecular complexity index is 657. The highest BCUT2D eigenvalue weighted by atomic mass is 32.2. The predicted octanol–water partition coefficient (Wildman–Crippen LogP) is 2.10. The molecule has 0 radical (unpaired) electrons. The second-order valence-electron chi connectivity index (χ2n) is 5.11. The van der Waals surface area contributed by atoms with E-state index in [2.05, 4.69) is 10.4 Å². The Hall–Kier alpha value is -2.15. The molecule has 7 heteroatoms. The molecular formula is C15H20N4O2S. The van der Waals surface area contributed by atoms with E-state index in [1.54, 1.807) is 30.2 Å². The second kappa shape index (κ2) is 7.22. The van der Waals surface area contributed by atoms with Gasteiger partial charge in [-0.15, -0.1) is 5.10 Å². The van der Waals surface area contributed by atoms with Crippen LogP contribution >= 0.6 is 0 Å². The Kier molecular flexibility index (Phi) is 5.32. The highest BCUT2D eigenvalue weighted by Crippen LogP contribution is 2.11. The van der Waals surface area contributed by atoms with Crippen molar-refractivity contribution < 1.29 is 9.00 Å². The predicted molar refractivity (Wildman–Crippen MR) is 88.7 cm³/mol. The van der Waals surface area contributed by atoms with Gasteiger partial charge in [-0.2, -0.15) is 0 Å². The minimum Gasteiger partial charge on any atom is -0.324 e. The van der Waals surface area contributed by atoms with Gasteiger partial charge in [0.2, 0.25) is 0 Å². The Balaban J connectivity index is 2.01. The lowest BCUT2D eigenvalue weighted by molar-refractivity contribution is 0.212. The molecule has 0 fully saturated rings. The van der Waals surface area contributed by atoms with Crippen molar-refractivity contribution >= 4 is 22.6 Å². The number of hydrogen-bond acceptors (Lipinski definition) is 3. The molecule has 6 nitrogen and oxygen atoms in total. The molecule has 22 heavy (non-hydrogen) atoms. The van der Waals surface area contributed by atoms with Gasteiger partial charge in [0.1, 0.15) is 0 Å². The van der Waals surface area contributed by atoms with Crippen LogP contribution in [0.1, 0.15) is 6.92 Å². The maximum absolute atomic E-state index is 12.1. The van der Waals surface area contributed by atoms with Crippen molar-refractivity contribution in [1.82, 2.24) is 14.7 Å². The summed E-state index contributed by atoms with van der Waals surface area (Å²) in [5.41, 5.74) is 0.922. The number of carbonyl (C=O) groups excluding carboxylic acids is 1. The van der Waals surface area contributed by atoms with Crippen LogP contribution < -0.4 is 5.32 Å². The summed E-state index contributed by atoms with van der Waals surface area (Å²) in [6.07, 6.45) is 3.42. The number of anilines is 1. The first-order chi connectivity index (χ1) is 10.5. The number of aromatic nitrogens is 2. The summed E-state index contributed by atoms with van der Waals surface area (Å²) in [7, 11) is 0.740. The largest absolute Gasteiger partial charge is 0.324 e. The molecule has 2 rings (SSSR count). The number of amides is 2. The van der Waals surface area contributed by atoms with Crippen LogP contribution in [0, 0.1) is 0 Å². The van der Waals surface area contributed by atoms with E-state index in [-0.39, 0.29) is 12.1 Å². The molecule has 2 amide bonds. The lowest BCUT2D eigenvalue weighted by Gasteiger charge is -2.23. The third kappa shape index (κ3) is 4.17. The van der Waals surface area contributed by atoms with Gasteiger partial charge in [0.15, 0.2) is 5.82 Å². The number of hydrogen-bond donors (Lipinski definition) is 1. The van der Waals surface area contributed by atoms with Gasteiger partial charge in [-0.1, -0.05) is 18.2 Å². The van der Waals surface area contributed by atoms with Crippen LogP contribution in [-0.4, -0.2) is 50.0 Å². The normalized spacial score (nSPS) is 13.4. The number of nitrogens with zero attached hydrogens (tertiary/aromatic N) is 3. The van der Waals surface area contributed by atoms with Gasteiger partial charge in [-0.25, -0.2) is 9.48 Å². The minimum atomic E-state index is -0.941. The number of para-hydroxylation sites is 1. The quantitative estimate of drug-likeness (QED) is 0.917. The van der Waals surface area contributed by atoms with Gasteiger partial charge >= 0.3 is 6.03 Å². The Labute approximate surface area is 132 Å². The van der Waals surface area contributed by atoms with Crippen LogP contribution in [0.5, 0.6) is 0 Å². The molecule has 1 aromatic carbocycles. The molecule has 0 unspecified atom stereocenters. The van der Waals surface area contributed by atoms with Gasteiger partial charge in [-0.3, -0.25) is 9.53 Å². The van der Waals surface area contributed by atoms with E-state index >= 15 is 0 Å². The maximum Gasteiger partial charge on any atom is 0.323 e. The van der Waals surface area contributed by atoms with Crippen molar-refractivity contribution in [2.45, 2.75) is 13.0 Å². The molecule has 0 bridgehead atoms. The van der Waals surface area contributed by atoms with Crippen molar-refractivity contribution in [2.75, 3.05) is 24.4 Å². The Morgan fingerprint density at radius 2 is 2.05 bits per heavy atom. The molecule has 118 valence electrons.